The van der Waals surface area contributed by atoms with Gasteiger partial charge in [0.2, 0.25) is 5.24 Å². The standard InChI is InChI=1S/C13H14ClNO5/c1-18-13(17)20-10-4-2-3-9-7-15(6-5-11(14)16)8-19-12(9)10/h2-4H,5-8H2,1H3. The molecule has 0 radical (unpaired) electrons. The monoisotopic (exact) mass is 299 g/mol. The second-order valence-corrected chi connectivity index (χ2v) is 4.65. The van der Waals surface area contributed by atoms with E-state index in [0.717, 1.165) is 5.56 Å². The van der Waals surface area contributed by atoms with Crippen LogP contribution < -0.4 is 9.47 Å². The number of carbonyl (C=O) groups excluding carboxylic acids is 2. The molecule has 0 bridgehead atoms. The van der Waals surface area contributed by atoms with Crippen molar-refractivity contribution in [3.63, 3.8) is 0 Å². The summed E-state index contributed by atoms with van der Waals surface area (Å²) in [6.07, 6.45) is -0.532. The first kappa shape index (κ1) is 14.6. The van der Waals surface area contributed by atoms with Gasteiger partial charge in [-0.25, -0.2) is 4.79 Å². The number of halogens is 1. The lowest BCUT2D eigenvalue weighted by Gasteiger charge is -2.29. The number of hydrogen-bond acceptors (Lipinski definition) is 6. The maximum atomic E-state index is 11.1. The quantitative estimate of drug-likeness (QED) is 0.482. The Morgan fingerprint density at radius 1 is 1.45 bits per heavy atom. The van der Waals surface area contributed by atoms with Gasteiger partial charge in [0.1, 0.15) is 6.73 Å². The number of methoxy groups -OCH3 is 1. The maximum Gasteiger partial charge on any atom is 0.513 e. The van der Waals surface area contributed by atoms with Crippen molar-refractivity contribution in [2.24, 2.45) is 0 Å². The summed E-state index contributed by atoms with van der Waals surface area (Å²) >= 11 is 5.32. The smallest absolute Gasteiger partial charge is 0.474 e. The zero-order chi connectivity index (χ0) is 14.5. The lowest BCUT2D eigenvalue weighted by molar-refractivity contribution is -0.112. The SMILES string of the molecule is COC(=O)Oc1cccc2c1OCN(CCC(=O)Cl)C2. The molecule has 0 atom stereocenters. The predicted octanol–water partition coefficient (Wildman–Crippen LogP) is 2.14. The van der Waals surface area contributed by atoms with Crippen molar-refractivity contribution < 1.29 is 23.8 Å². The summed E-state index contributed by atoms with van der Waals surface area (Å²) in [5.74, 6) is 0.841. The molecular weight excluding hydrogens is 286 g/mol. The third kappa shape index (κ3) is 3.61. The van der Waals surface area contributed by atoms with Gasteiger partial charge < -0.3 is 14.2 Å². The molecule has 0 unspecified atom stereocenters. The number of para-hydroxylation sites is 1. The molecule has 2 rings (SSSR count). The fourth-order valence-electron chi connectivity index (χ4n) is 1.89. The van der Waals surface area contributed by atoms with E-state index in [9.17, 15) is 9.59 Å². The molecule has 0 aliphatic carbocycles. The highest BCUT2D eigenvalue weighted by Gasteiger charge is 2.22. The summed E-state index contributed by atoms with van der Waals surface area (Å²) in [6, 6.07) is 5.26. The third-order valence-corrected chi connectivity index (χ3v) is 3.02. The molecule has 20 heavy (non-hydrogen) atoms. The number of benzene rings is 1. The average molecular weight is 300 g/mol. The number of rotatable bonds is 4. The number of fused-ring (bicyclic) bond motifs is 1. The molecule has 0 saturated carbocycles. The highest BCUT2D eigenvalue weighted by Crippen LogP contribution is 2.35. The third-order valence-electron chi connectivity index (χ3n) is 2.83. The van der Waals surface area contributed by atoms with Crippen molar-refractivity contribution in [1.82, 2.24) is 4.90 Å². The first-order valence-electron chi connectivity index (χ1n) is 6.01. The summed E-state index contributed by atoms with van der Waals surface area (Å²) in [7, 11) is 1.24. The molecule has 1 aromatic carbocycles. The fourth-order valence-corrected chi connectivity index (χ4v) is 1.98. The van der Waals surface area contributed by atoms with Crippen LogP contribution in [0.25, 0.3) is 0 Å². The highest BCUT2D eigenvalue weighted by molar-refractivity contribution is 6.63. The molecule has 0 aromatic heterocycles. The van der Waals surface area contributed by atoms with Gasteiger partial charge in [0.25, 0.3) is 0 Å². The number of hydrogen-bond donors (Lipinski definition) is 0. The lowest BCUT2D eigenvalue weighted by Crippen LogP contribution is -2.33. The van der Waals surface area contributed by atoms with Gasteiger partial charge in [-0.15, -0.1) is 0 Å². The zero-order valence-corrected chi connectivity index (χ0v) is 11.7. The Hall–Kier alpha value is -1.79. The van der Waals surface area contributed by atoms with Gasteiger partial charge in [-0.2, -0.15) is 0 Å². The van der Waals surface area contributed by atoms with E-state index in [2.05, 4.69) is 4.74 Å². The molecule has 1 aliphatic rings. The Morgan fingerprint density at radius 3 is 2.95 bits per heavy atom. The lowest BCUT2D eigenvalue weighted by atomic mass is 10.1. The molecule has 1 heterocycles. The second kappa shape index (κ2) is 6.58. The molecule has 1 aromatic rings. The molecule has 1 aliphatic heterocycles. The maximum absolute atomic E-state index is 11.1. The van der Waals surface area contributed by atoms with Crippen LogP contribution in [0.4, 0.5) is 4.79 Å². The minimum atomic E-state index is -0.794. The van der Waals surface area contributed by atoms with Crippen molar-refractivity contribution >= 4 is 23.0 Å². The van der Waals surface area contributed by atoms with Gasteiger partial charge in [-0.1, -0.05) is 12.1 Å². The minimum Gasteiger partial charge on any atom is -0.474 e. The first-order valence-corrected chi connectivity index (χ1v) is 6.39. The van der Waals surface area contributed by atoms with Crippen LogP contribution in [0.5, 0.6) is 11.5 Å². The van der Waals surface area contributed by atoms with Crippen LogP contribution in [0, 0.1) is 0 Å². The van der Waals surface area contributed by atoms with Crippen LogP contribution in [-0.2, 0) is 16.1 Å². The van der Waals surface area contributed by atoms with E-state index in [1.165, 1.54) is 7.11 Å². The van der Waals surface area contributed by atoms with Crippen LogP contribution >= 0.6 is 11.6 Å². The van der Waals surface area contributed by atoms with Crippen LogP contribution in [-0.4, -0.2) is 36.7 Å². The van der Waals surface area contributed by atoms with Gasteiger partial charge >= 0.3 is 6.16 Å². The number of carbonyl (C=O) groups is 2. The molecule has 0 spiro atoms. The summed E-state index contributed by atoms with van der Waals surface area (Å²) in [4.78, 5) is 23.8. The molecule has 7 heteroatoms. The van der Waals surface area contributed by atoms with Crippen molar-refractivity contribution in [2.45, 2.75) is 13.0 Å². The Kier molecular flexibility index (Phi) is 4.81. The molecule has 6 nitrogen and oxygen atoms in total. The molecule has 0 amide bonds. The second-order valence-electron chi connectivity index (χ2n) is 4.23. The number of nitrogens with zero attached hydrogens (tertiary/aromatic N) is 1. The summed E-state index contributed by atoms with van der Waals surface area (Å²) < 4.78 is 15.1. The van der Waals surface area contributed by atoms with Gasteiger partial charge in [-0.05, 0) is 17.7 Å². The van der Waals surface area contributed by atoms with E-state index in [-0.39, 0.29) is 11.7 Å². The van der Waals surface area contributed by atoms with Crippen molar-refractivity contribution in [3.05, 3.63) is 23.8 Å². The van der Waals surface area contributed by atoms with E-state index in [0.29, 0.717) is 31.3 Å². The van der Waals surface area contributed by atoms with Crippen molar-refractivity contribution in [3.8, 4) is 11.5 Å². The van der Waals surface area contributed by atoms with E-state index in [1.807, 2.05) is 11.0 Å². The topological polar surface area (TPSA) is 65.1 Å². The molecule has 0 fully saturated rings. The average Bonchev–Trinajstić information content (AvgIpc) is 2.45. The fraction of sp³-hybridized carbons (Fsp3) is 0.385. The molecule has 0 N–H and O–H groups in total. The molecule has 0 saturated heterocycles. The Balaban J connectivity index is 2.07. The Morgan fingerprint density at radius 2 is 2.25 bits per heavy atom. The summed E-state index contributed by atoms with van der Waals surface area (Å²) in [5.41, 5.74) is 0.875. The van der Waals surface area contributed by atoms with Gasteiger partial charge in [-0.3, -0.25) is 9.69 Å². The van der Waals surface area contributed by atoms with Crippen molar-refractivity contribution in [2.75, 3.05) is 20.4 Å². The predicted molar refractivity (Wildman–Crippen MR) is 70.9 cm³/mol. The van der Waals surface area contributed by atoms with Crippen LogP contribution in [0.2, 0.25) is 0 Å². The van der Waals surface area contributed by atoms with E-state index in [4.69, 9.17) is 21.1 Å². The van der Waals surface area contributed by atoms with E-state index < -0.39 is 6.16 Å². The molecule has 108 valence electrons. The van der Waals surface area contributed by atoms with E-state index in [1.54, 1.807) is 12.1 Å². The van der Waals surface area contributed by atoms with Gasteiger partial charge in [0, 0.05) is 25.1 Å². The largest absolute Gasteiger partial charge is 0.513 e. The minimum absolute atomic E-state index is 0.263. The van der Waals surface area contributed by atoms with Crippen LogP contribution in [0.3, 0.4) is 0 Å². The van der Waals surface area contributed by atoms with Gasteiger partial charge in [0.15, 0.2) is 11.5 Å². The summed E-state index contributed by atoms with van der Waals surface area (Å²) in [5, 5.41) is -0.376. The zero-order valence-electron chi connectivity index (χ0n) is 10.9. The van der Waals surface area contributed by atoms with E-state index >= 15 is 0 Å². The summed E-state index contributed by atoms with van der Waals surface area (Å²) in [6.45, 7) is 1.42. The van der Waals surface area contributed by atoms with Crippen LogP contribution in [0.15, 0.2) is 18.2 Å². The van der Waals surface area contributed by atoms with Gasteiger partial charge in [0.05, 0.1) is 7.11 Å². The Bertz CT molecular complexity index is 519. The highest BCUT2D eigenvalue weighted by atomic mass is 35.5. The number of ether oxygens (including phenoxy) is 3. The first-order chi connectivity index (χ1) is 9.60. The molecular formula is C13H14ClNO5. The Labute approximate surface area is 121 Å². The van der Waals surface area contributed by atoms with Crippen molar-refractivity contribution in [1.29, 1.82) is 0 Å². The van der Waals surface area contributed by atoms with Crippen LogP contribution in [0.1, 0.15) is 12.0 Å². The normalized spacial score (nSPS) is 14.1.